The van der Waals surface area contributed by atoms with E-state index in [0.29, 0.717) is 6.71 Å². The first-order valence-corrected chi connectivity index (χ1v) is 9.57. The largest absolute Gasteiger partial charge is 0.349 e. The number of hydrogen-bond donors (Lipinski definition) is 1. The molecular weight excluding hydrogens is 315 g/mol. The van der Waals surface area contributed by atoms with E-state index < -0.39 is 0 Å². The van der Waals surface area contributed by atoms with Crippen LogP contribution in [0.5, 0.6) is 0 Å². The van der Waals surface area contributed by atoms with Crippen LogP contribution in [0.3, 0.4) is 0 Å². The van der Waals surface area contributed by atoms with Gasteiger partial charge in [0.15, 0.2) is 0 Å². The van der Waals surface area contributed by atoms with Crippen molar-refractivity contribution in [2.24, 2.45) is 0 Å². The monoisotopic (exact) mass is 344 g/mol. The molecule has 0 bridgehead atoms. The van der Waals surface area contributed by atoms with Crippen LogP contribution in [0.1, 0.15) is 32.4 Å². The molecule has 0 spiro atoms. The third-order valence-electron chi connectivity index (χ3n) is 4.36. The maximum absolute atomic E-state index is 3.84. The van der Waals surface area contributed by atoms with Gasteiger partial charge in [0.1, 0.15) is 0 Å². The summed E-state index contributed by atoms with van der Waals surface area (Å²) in [5, 5.41) is 0. The maximum atomic E-state index is 3.84. The molecule has 0 amide bonds. The highest BCUT2D eigenvalue weighted by Gasteiger charge is 2.17. The zero-order valence-corrected chi connectivity index (χ0v) is 15.9. The van der Waals surface area contributed by atoms with Crippen molar-refractivity contribution in [2.75, 3.05) is 0 Å². The molecule has 3 rings (SSSR count). The lowest BCUT2D eigenvalue weighted by Crippen LogP contribution is -2.41. The highest BCUT2D eigenvalue weighted by molar-refractivity contribution is 6.85. The van der Waals surface area contributed by atoms with Crippen LogP contribution in [0.15, 0.2) is 85.3 Å². The van der Waals surface area contributed by atoms with Gasteiger partial charge in [-0.05, 0) is 19.3 Å². The lowest BCUT2D eigenvalue weighted by molar-refractivity contribution is 1.06. The normalized spacial score (nSPS) is 10.4. The Morgan fingerprint density at radius 1 is 0.885 bits per heavy atom. The number of aromatic nitrogens is 2. The van der Waals surface area contributed by atoms with E-state index in [1.54, 1.807) is 6.33 Å². The standard InChI is InChI=1S/C18H21B.C5H8N2/c1-2-3-4-11-16-19(17-12-7-5-8-13-17)18-14-9-6-10-15-18;1-2-5-3-6-4-7-5/h3-10,12-15H,2,11,16H2,1H3;3-4H,2H2,1H3,(H,6,7). The van der Waals surface area contributed by atoms with Gasteiger partial charge in [0.05, 0.1) is 6.33 Å². The summed E-state index contributed by atoms with van der Waals surface area (Å²) in [5.41, 5.74) is 4.03. The third kappa shape index (κ3) is 6.75. The topological polar surface area (TPSA) is 28.7 Å². The molecule has 26 heavy (non-hydrogen) atoms. The minimum atomic E-state index is 0.504. The number of H-pyrrole nitrogens is 1. The van der Waals surface area contributed by atoms with Crippen molar-refractivity contribution < 1.29 is 0 Å². The van der Waals surface area contributed by atoms with E-state index in [0.717, 1.165) is 19.3 Å². The Morgan fingerprint density at radius 2 is 1.50 bits per heavy atom. The van der Waals surface area contributed by atoms with E-state index in [4.69, 9.17) is 0 Å². The first-order valence-electron chi connectivity index (χ1n) is 9.57. The quantitative estimate of drug-likeness (QED) is 0.492. The minimum absolute atomic E-state index is 0.504. The summed E-state index contributed by atoms with van der Waals surface area (Å²) < 4.78 is 0. The van der Waals surface area contributed by atoms with Crippen molar-refractivity contribution >= 4 is 17.6 Å². The van der Waals surface area contributed by atoms with E-state index in [9.17, 15) is 0 Å². The van der Waals surface area contributed by atoms with E-state index >= 15 is 0 Å². The molecule has 2 aromatic carbocycles. The molecule has 0 radical (unpaired) electrons. The molecule has 2 nitrogen and oxygen atoms in total. The zero-order chi connectivity index (χ0) is 18.5. The van der Waals surface area contributed by atoms with Gasteiger partial charge in [0, 0.05) is 11.9 Å². The van der Waals surface area contributed by atoms with Crippen LogP contribution in [0, 0.1) is 0 Å². The molecule has 0 aliphatic heterocycles. The number of allylic oxidation sites excluding steroid dienone is 2. The van der Waals surface area contributed by atoms with Crippen LogP contribution in [0.2, 0.25) is 6.32 Å². The smallest absolute Gasteiger partial charge is 0.209 e. The van der Waals surface area contributed by atoms with Gasteiger partial charge in [0.2, 0.25) is 6.71 Å². The number of rotatable bonds is 7. The average molecular weight is 344 g/mol. The summed E-state index contributed by atoms with van der Waals surface area (Å²) in [7, 11) is 0. The van der Waals surface area contributed by atoms with Crippen LogP contribution >= 0.6 is 0 Å². The van der Waals surface area contributed by atoms with Gasteiger partial charge in [-0.1, -0.05) is 104 Å². The SMILES string of the molecule is CCC=CCCB(c1ccccc1)c1ccccc1.CCc1cnc[nH]1. The lowest BCUT2D eigenvalue weighted by Gasteiger charge is -2.13. The molecule has 1 aromatic heterocycles. The Labute approximate surface area is 158 Å². The molecule has 0 aliphatic rings. The number of imidazole rings is 1. The van der Waals surface area contributed by atoms with E-state index in [-0.39, 0.29) is 0 Å². The van der Waals surface area contributed by atoms with E-state index in [2.05, 4.69) is 96.6 Å². The second kappa shape index (κ2) is 11.9. The van der Waals surface area contributed by atoms with Gasteiger partial charge in [0.25, 0.3) is 0 Å². The maximum Gasteiger partial charge on any atom is 0.209 e. The second-order valence-corrected chi connectivity index (χ2v) is 6.26. The van der Waals surface area contributed by atoms with Crippen LogP contribution in [-0.2, 0) is 6.42 Å². The summed E-state index contributed by atoms with van der Waals surface area (Å²) >= 11 is 0. The number of aryl methyl sites for hydroxylation is 1. The van der Waals surface area contributed by atoms with Crippen molar-refractivity contribution in [3.8, 4) is 0 Å². The molecule has 0 aliphatic carbocycles. The van der Waals surface area contributed by atoms with Gasteiger partial charge < -0.3 is 4.98 Å². The van der Waals surface area contributed by atoms with E-state index in [1.807, 2.05) is 6.20 Å². The minimum Gasteiger partial charge on any atom is -0.349 e. The summed E-state index contributed by atoms with van der Waals surface area (Å²) in [6, 6.07) is 21.6. The van der Waals surface area contributed by atoms with E-state index in [1.165, 1.54) is 22.9 Å². The molecule has 0 saturated heterocycles. The van der Waals surface area contributed by atoms with Gasteiger partial charge in [-0.25, -0.2) is 4.98 Å². The van der Waals surface area contributed by atoms with Gasteiger partial charge in [-0.15, -0.1) is 0 Å². The highest BCUT2D eigenvalue weighted by Crippen LogP contribution is 2.03. The second-order valence-electron chi connectivity index (χ2n) is 6.26. The predicted octanol–water partition coefficient (Wildman–Crippen LogP) is 4.62. The zero-order valence-electron chi connectivity index (χ0n) is 15.9. The van der Waals surface area contributed by atoms with Crippen LogP contribution in [0.25, 0.3) is 0 Å². The number of nitrogens with one attached hydrogen (secondary N) is 1. The average Bonchev–Trinajstić information content (AvgIpc) is 3.24. The fourth-order valence-electron chi connectivity index (χ4n) is 2.92. The van der Waals surface area contributed by atoms with Crippen LogP contribution < -0.4 is 10.9 Å². The van der Waals surface area contributed by atoms with Crippen molar-refractivity contribution in [2.45, 2.75) is 39.4 Å². The summed E-state index contributed by atoms with van der Waals surface area (Å²) in [5.74, 6) is 0. The van der Waals surface area contributed by atoms with Gasteiger partial charge >= 0.3 is 0 Å². The fraction of sp³-hybridized carbons (Fsp3) is 0.261. The molecule has 134 valence electrons. The molecule has 0 fully saturated rings. The van der Waals surface area contributed by atoms with Gasteiger partial charge in [-0.3, -0.25) is 0 Å². The number of benzene rings is 2. The molecule has 3 aromatic rings. The van der Waals surface area contributed by atoms with Gasteiger partial charge in [-0.2, -0.15) is 0 Å². The first kappa shape index (κ1) is 19.8. The Balaban J connectivity index is 0.000000290. The molecular formula is C23H29BN2. The first-order chi connectivity index (χ1) is 12.8. The van der Waals surface area contributed by atoms with Crippen LogP contribution in [0.4, 0.5) is 0 Å². The molecule has 0 unspecified atom stereocenters. The summed E-state index contributed by atoms with van der Waals surface area (Å²) in [6.45, 7) is 4.78. The van der Waals surface area contributed by atoms with Crippen molar-refractivity contribution in [3.63, 3.8) is 0 Å². The Hall–Kier alpha value is -2.55. The summed E-state index contributed by atoms with van der Waals surface area (Å²) in [6.07, 6.45) is 12.6. The summed E-state index contributed by atoms with van der Waals surface area (Å²) in [4.78, 5) is 6.81. The number of nitrogens with zero attached hydrogens (tertiary/aromatic N) is 1. The molecule has 3 heteroatoms. The lowest BCUT2D eigenvalue weighted by atomic mass is 9.38. The predicted molar refractivity (Wildman–Crippen MR) is 115 cm³/mol. The molecule has 1 heterocycles. The van der Waals surface area contributed by atoms with Crippen LogP contribution in [-0.4, -0.2) is 16.7 Å². The molecule has 0 atom stereocenters. The number of hydrogen-bond acceptors (Lipinski definition) is 1. The number of aromatic amines is 1. The molecule has 0 saturated carbocycles. The van der Waals surface area contributed by atoms with Crippen molar-refractivity contribution in [3.05, 3.63) is 91.0 Å². The Morgan fingerprint density at radius 3 is 1.92 bits per heavy atom. The molecule has 1 N–H and O–H groups in total. The Bertz CT molecular complexity index is 682. The third-order valence-corrected chi connectivity index (χ3v) is 4.36. The fourth-order valence-corrected chi connectivity index (χ4v) is 2.92. The van der Waals surface area contributed by atoms with Crippen molar-refractivity contribution in [1.82, 2.24) is 9.97 Å². The Kier molecular flexibility index (Phi) is 9.06. The highest BCUT2D eigenvalue weighted by atomic mass is 14.8. The van der Waals surface area contributed by atoms with Crippen molar-refractivity contribution in [1.29, 1.82) is 0 Å².